The first-order valence-corrected chi connectivity index (χ1v) is 6.73. The number of hydrogen-bond acceptors (Lipinski definition) is 5. The fourth-order valence-corrected chi connectivity index (χ4v) is 2.06. The van der Waals surface area contributed by atoms with Crippen LogP contribution in [0.25, 0.3) is 0 Å². The largest absolute Gasteiger partial charge is 0.355 e. The lowest BCUT2D eigenvalue weighted by Crippen LogP contribution is -2.12. The molecule has 2 rings (SSSR count). The molecule has 0 amide bonds. The molecule has 0 spiro atoms. The van der Waals surface area contributed by atoms with Crippen LogP contribution in [0.3, 0.4) is 0 Å². The van der Waals surface area contributed by atoms with Crippen molar-refractivity contribution in [3.8, 4) is 0 Å². The summed E-state index contributed by atoms with van der Waals surface area (Å²) in [5.41, 5.74) is 4.10. The second kappa shape index (κ2) is 5.02. The van der Waals surface area contributed by atoms with Gasteiger partial charge in [0.05, 0.1) is 0 Å². The number of aromatic nitrogens is 3. The third kappa shape index (κ3) is 3.04. The summed E-state index contributed by atoms with van der Waals surface area (Å²) >= 11 is 1.27. The van der Waals surface area contributed by atoms with E-state index in [4.69, 9.17) is 0 Å². The summed E-state index contributed by atoms with van der Waals surface area (Å²) < 4.78 is 3.73. The molecule has 1 N–H and O–H groups in total. The molecule has 5 heteroatoms. The SMILES string of the molecule is Cc1ccc(C(C)(C)C)cc1CNc1nnns1. The molecule has 1 heterocycles. The van der Waals surface area contributed by atoms with Gasteiger partial charge in [0.25, 0.3) is 0 Å². The van der Waals surface area contributed by atoms with E-state index in [1.165, 1.54) is 28.2 Å². The first kappa shape index (κ1) is 13.0. The maximum Gasteiger partial charge on any atom is 0.225 e. The summed E-state index contributed by atoms with van der Waals surface area (Å²) in [6, 6.07) is 6.64. The quantitative estimate of drug-likeness (QED) is 0.923. The molecule has 0 aliphatic heterocycles. The van der Waals surface area contributed by atoms with Gasteiger partial charge >= 0.3 is 0 Å². The Hall–Kier alpha value is -1.49. The van der Waals surface area contributed by atoms with Gasteiger partial charge < -0.3 is 5.32 Å². The molecule has 1 aromatic carbocycles. The second-order valence-corrected chi connectivity index (χ2v) is 6.14. The van der Waals surface area contributed by atoms with E-state index in [2.05, 4.69) is 66.0 Å². The van der Waals surface area contributed by atoms with Crippen molar-refractivity contribution in [3.05, 3.63) is 34.9 Å². The van der Waals surface area contributed by atoms with Crippen molar-refractivity contribution in [1.82, 2.24) is 14.8 Å². The standard InChI is InChI=1S/C13H18N4S/c1-9-5-6-11(13(2,3)4)7-10(9)8-14-12-15-16-17-18-12/h5-7H,8H2,1-4H3,(H,14,15,17). The Morgan fingerprint density at radius 1 is 1.28 bits per heavy atom. The van der Waals surface area contributed by atoms with E-state index >= 15 is 0 Å². The molecule has 18 heavy (non-hydrogen) atoms. The van der Waals surface area contributed by atoms with Gasteiger partial charge in [0, 0.05) is 18.1 Å². The van der Waals surface area contributed by atoms with Crippen molar-refractivity contribution < 1.29 is 0 Å². The Morgan fingerprint density at radius 3 is 2.67 bits per heavy atom. The third-order valence-corrected chi connectivity index (χ3v) is 3.50. The molecule has 0 radical (unpaired) electrons. The van der Waals surface area contributed by atoms with Gasteiger partial charge in [-0.1, -0.05) is 48.6 Å². The average molecular weight is 262 g/mol. The molecule has 0 aliphatic rings. The highest BCUT2D eigenvalue weighted by Gasteiger charge is 2.14. The molecule has 0 unspecified atom stereocenters. The Kier molecular flexibility index (Phi) is 3.61. The van der Waals surface area contributed by atoms with Crippen LogP contribution < -0.4 is 5.32 Å². The molecule has 0 saturated heterocycles. The van der Waals surface area contributed by atoms with E-state index in [1.807, 2.05) is 0 Å². The van der Waals surface area contributed by atoms with Gasteiger partial charge in [0.1, 0.15) is 0 Å². The van der Waals surface area contributed by atoms with E-state index in [0.29, 0.717) is 0 Å². The Morgan fingerprint density at radius 2 is 2.06 bits per heavy atom. The topological polar surface area (TPSA) is 50.7 Å². The first-order valence-electron chi connectivity index (χ1n) is 5.96. The predicted molar refractivity (Wildman–Crippen MR) is 74.9 cm³/mol. The molecular formula is C13H18N4S. The third-order valence-electron chi connectivity index (χ3n) is 2.94. The van der Waals surface area contributed by atoms with Crippen molar-refractivity contribution >= 4 is 16.7 Å². The van der Waals surface area contributed by atoms with E-state index < -0.39 is 0 Å². The number of nitrogens with one attached hydrogen (secondary N) is 1. The molecule has 0 aliphatic carbocycles. The lowest BCUT2D eigenvalue weighted by atomic mass is 9.85. The molecule has 0 bridgehead atoms. The summed E-state index contributed by atoms with van der Waals surface area (Å²) in [6.45, 7) is 9.56. The van der Waals surface area contributed by atoms with Crippen molar-refractivity contribution in [2.24, 2.45) is 0 Å². The fourth-order valence-electron chi connectivity index (χ4n) is 1.70. The summed E-state index contributed by atoms with van der Waals surface area (Å²) in [6.07, 6.45) is 0. The molecule has 1 aromatic heterocycles. The molecule has 0 atom stereocenters. The fraction of sp³-hybridized carbons (Fsp3) is 0.462. The molecule has 2 aromatic rings. The van der Waals surface area contributed by atoms with Gasteiger partial charge in [0.2, 0.25) is 5.13 Å². The highest BCUT2D eigenvalue weighted by Crippen LogP contribution is 2.24. The number of anilines is 1. The highest BCUT2D eigenvalue weighted by molar-refractivity contribution is 7.09. The van der Waals surface area contributed by atoms with Crippen molar-refractivity contribution in [3.63, 3.8) is 0 Å². The van der Waals surface area contributed by atoms with E-state index in [1.54, 1.807) is 0 Å². The van der Waals surface area contributed by atoms with Gasteiger partial charge in [-0.3, -0.25) is 0 Å². The van der Waals surface area contributed by atoms with Crippen molar-refractivity contribution in [2.75, 3.05) is 5.32 Å². The highest BCUT2D eigenvalue weighted by atomic mass is 32.1. The molecule has 0 fully saturated rings. The van der Waals surface area contributed by atoms with Crippen LogP contribution in [0, 0.1) is 6.92 Å². The lowest BCUT2D eigenvalue weighted by molar-refractivity contribution is 0.589. The van der Waals surface area contributed by atoms with Crippen LogP contribution in [-0.4, -0.2) is 14.8 Å². The zero-order valence-electron chi connectivity index (χ0n) is 11.2. The molecule has 4 nitrogen and oxygen atoms in total. The first-order chi connectivity index (χ1) is 8.47. The van der Waals surface area contributed by atoms with Gasteiger partial charge in [-0.25, -0.2) is 0 Å². The number of aryl methyl sites for hydroxylation is 1. The van der Waals surface area contributed by atoms with Crippen LogP contribution in [0.15, 0.2) is 18.2 Å². The van der Waals surface area contributed by atoms with E-state index in [9.17, 15) is 0 Å². The van der Waals surface area contributed by atoms with Gasteiger partial charge in [-0.05, 0) is 34.2 Å². The minimum atomic E-state index is 0.173. The van der Waals surface area contributed by atoms with Gasteiger partial charge in [-0.15, -0.1) is 0 Å². The summed E-state index contributed by atoms with van der Waals surface area (Å²) in [4.78, 5) is 0. The Bertz CT molecular complexity index is 514. The minimum absolute atomic E-state index is 0.173. The maximum absolute atomic E-state index is 3.88. The molecule has 96 valence electrons. The normalized spacial score (nSPS) is 11.6. The van der Waals surface area contributed by atoms with Crippen LogP contribution in [0.1, 0.15) is 37.5 Å². The molecule has 0 saturated carbocycles. The van der Waals surface area contributed by atoms with Crippen molar-refractivity contribution in [2.45, 2.75) is 39.7 Å². The number of nitrogens with zero attached hydrogens (tertiary/aromatic N) is 3. The van der Waals surface area contributed by atoms with Crippen LogP contribution in [-0.2, 0) is 12.0 Å². The Balaban J connectivity index is 2.16. The van der Waals surface area contributed by atoms with E-state index in [0.717, 1.165) is 11.7 Å². The maximum atomic E-state index is 3.88. The second-order valence-electron chi connectivity index (χ2n) is 5.41. The zero-order valence-corrected chi connectivity index (χ0v) is 12.0. The smallest absolute Gasteiger partial charge is 0.225 e. The van der Waals surface area contributed by atoms with Crippen LogP contribution in [0.5, 0.6) is 0 Å². The van der Waals surface area contributed by atoms with Gasteiger partial charge in [-0.2, -0.15) is 0 Å². The van der Waals surface area contributed by atoms with Crippen LogP contribution in [0.2, 0.25) is 0 Å². The van der Waals surface area contributed by atoms with Crippen molar-refractivity contribution in [1.29, 1.82) is 0 Å². The zero-order chi connectivity index (χ0) is 13.2. The summed E-state index contributed by atoms with van der Waals surface area (Å²) in [5.74, 6) is 0. The Labute approximate surface area is 112 Å². The monoisotopic (exact) mass is 262 g/mol. The number of rotatable bonds is 3. The minimum Gasteiger partial charge on any atom is -0.355 e. The average Bonchev–Trinajstić information content (AvgIpc) is 2.79. The lowest BCUT2D eigenvalue weighted by Gasteiger charge is -2.20. The number of hydrogen-bond donors (Lipinski definition) is 1. The summed E-state index contributed by atoms with van der Waals surface area (Å²) in [7, 11) is 0. The van der Waals surface area contributed by atoms with E-state index in [-0.39, 0.29) is 5.41 Å². The van der Waals surface area contributed by atoms with Gasteiger partial charge in [0.15, 0.2) is 0 Å². The number of benzene rings is 1. The van der Waals surface area contributed by atoms with Crippen LogP contribution >= 0.6 is 11.5 Å². The predicted octanol–water partition coefficient (Wildman–Crippen LogP) is 3.15. The van der Waals surface area contributed by atoms with Crippen LogP contribution in [0.4, 0.5) is 5.13 Å². The summed E-state index contributed by atoms with van der Waals surface area (Å²) in [5, 5.41) is 11.5. The molecular weight excluding hydrogens is 244 g/mol.